The minimum absolute atomic E-state index is 0.0224. The second-order valence-electron chi connectivity index (χ2n) is 7.37. The van der Waals surface area contributed by atoms with Crippen LogP contribution in [-0.2, 0) is 21.2 Å². The standard InChI is InChI=1S/C20H25NO3S2/c1-15-10-12-25-20(15)26(22,23)21-11-9-19(24-14-17-7-8-17)18(21)13-16-5-3-2-4-6-16/h2-6,10,12,17-19H,7-9,11,13-14H2,1H3/t18-,19+/m0/s1. The zero-order valence-electron chi connectivity index (χ0n) is 15.0. The summed E-state index contributed by atoms with van der Waals surface area (Å²) in [7, 11) is -3.48. The van der Waals surface area contributed by atoms with Gasteiger partial charge in [-0.2, -0.15) is 4.31 Å². The van der Waals surface area contributed by atoms with Crippen LogP contribution in [0.5, 0.6) is 0 Å². The number of rotatable bonds is 7. The summed E-state index contributed by atoms with van der Waals surface area (Å²) in [6, 6.07) is 11.9. The van der Waals surface area contributed by atoms with Crippen LogP contribution in [0.4, 0.5) is 0 Å². The van der Waals surface area contributed by atoms with Crippen molar-refractivity contribution in [3.63, 3.8) is 0 Å². The summed E-state index contributed by atoms with van der Waals surface area (Å²) in [6.45, 7) is 3.17. The van der Waals surface area contributed by atoms with Crippen LogP contribution in [0.1, 0.15) is 30.4 Å². The summed E-state index contributed by atoms with van der Waals surface area (Å²) in [4.78, 5) is 0. The third-order valence-corrected chi connectivity index (χ3v) is 8.91. The summed E-state index contributed by atoms with van der Waals surface area (Å²) >= 11 is 1.31. The summed E-state index contributed by atoms with van der Waals surface area (Å²) in [6.07, 6.45) is 3.93. The van der Waals surface area contributed by atoms with Gasteiger partial charge in [0, 0.05) is 13.2 Å². The Balaban J connectivity index is 1.60. The zero-order chi connectivity index (χ0) is 18.1. The van der Waals surface area contributed by atoms with Crippen LogP contribution in [0.2, 0.25) is 0 Å². The van der Waals surface area contributed by atoms with Crippen LogP contribution in [-0.4, -0.2) is 38.0 Å². The van der Waals surface area contributed by atoms with Gasteiger partial charge in [0.1, 0.15) is 4.21 Å². The molecule has 1 aromatic carbocycles. The average molecular weight is 392 g/mol. The van der Waals surface area contributed by atoms with Crippen LogP contribution in [0.15, 0.2) is 46.0 Å². The van der Waals surface area contributed by atoms with Gasteiger partial charge in [0.2, 0.25) is 0 Å². The van der Waals surface area contributed by atoms with Gasteiger partial charge in [0.25, 0.3) is 10.0 Å². The van der Waals surface area contributed by atoms with Crippen molar-refractivity contribution in [2.45, 2.75) is 49.0 Å². The molecular formula is C20H25NO3S2. The van der Waals surface area contributed by atoms with Crippen LogP contribution < -0.4 is 0 Å². The first-order valence-corrected chi connectivity index (χ1v) is 11.6. The highest BCUT2D eigenvalue weighted by molar-refractivity contribution is 7.91. The molecule has 0 radical (unpaired) electrons. The van der Waals surface area contributed by atoms with Gasteiger partial charge in [0.15, 0.2) is 0 Å². The maximum Gasteiger partial charge on any atom is 0.253 e. The van der Waals surface area contributed by atoms with E-state index in [1.807, 2.05) is 36.6 Å². The first kappa shape index (κ1) is 18.2. The fourth-order valence-electron chi connectivity index (χ4n) is 3.65. The third-order valence-electron chi connectivity index (χ3n) is 5.32. The molecule has 4 nitrogen and oxygen atoms in total. The Hall–Kier alpha value is -1.21. The van der Waals surface area contributed by atoms with E-state index in [1.54, 1.807) is 4.31 Å². The average Bonchev–Trinajstić information content (AvgIpc) is 3.21. The minimum atomic E-state index is -3.48. The molecule has 6 heteroatoms. The van der Waals surface area contributed by atoms with Crippen molar-refractivity contribution in [3.8, 4) is 0 Å². The quantitative estimate of drug-likeness (QED) is 0.720. The van der Waals surface area contributed by atoms with Gasteiger partial charge in [-0.15, -0.1) is 11.3 Å². The van der Waals surface area contributed by atoms with Crippen molar-refractivity contribution in [3.05, 3.63) is 52.9 Å². The monoisotopic (exact) mass is 391 g/mol. The number of sulfonamides is 1. The molecule has 2 atom stereocenters. The predicted molar refractivity (Wildman–Crippen MR) is 104 cm³/mol. The predicted octanol–water partition coefficient (Wildman–Crippen LogP) is 3.86. The molecule has 1 aliphatic heterocycles. The topological polar surface area (TPSA) is 46.6 Å². The lowest BCUT2D eigenvalue weighted by molar-refractivity contribution is 0.0305. The van der Waals surface area contributed by atoms with Gasteiger partial charge < -0.3 is 4.74 Å². The van der Waals surface area contributed by atoms with Crippen LogP contribution >= 0.6 is 11.3 Å². The first-order valence-electron chi connectivity index (χ1n) is 9.27. The van der Waals surface area contributed by atoms with E-state index in [9.17, 15) is 8.42 Å². The lowest BCUT2D eigenvalue weighted by atomic mass is 10.0. The number of ether oxygens (including phenoxy) is 1. The normalized spacial score (nSPS) is 24.2. The van der Waals surface area contributed by atoms with E-state index in [1.165, 1.54) is 24.2 Å². The SMILES string of the molecule is Cc1ccsc1S(=O)(=O)N1CC[C@@H](OCC2CC2)[C@@H]1Cc1ccccc1. The number of hydrogen-bond acceptors (Lipinski definition) is 4. The molecule has 2 fully saturated rings. The Kier molecular flexibility index (Phi) is 5.19. The summed E-state index contributed by atoms with van der Waals surface area (Å²) in [5.74, 6) is 0.678. The molecule has 2 aliphatic rings. The highest BCUT2D eigenvalue weighted by atomic mass is 32.2. The lowest BCUT2D eigenvalue weighted by Gasteiger charge is -2.27. The molecule has 1 aromatic heterocycles. The molecule has 2 heterocycles. The number of hydrogen-bond donors (Lipinski definition) is 0. The molecule has 0 bridgehead atoms. The second kappa shape index (κ2) is 7.43. The van der Waals surface area contributed by atoms with E-state index in [2.05, 4.69) is 12.1 Å². The molecule has 140 valence electrons. The van der Waals surface area contributed by atoms with Gasteiger partial charge >= 0.3 is 0 Å². The van der Waals surface area contributed by atoms with Gasteiger partial charge in [-0.1, -0.05) is 30.3 Å². The first-order chi connectivity index (χ1) is 12.6. The van der Waals surface area contributed by atoms with Crippen molar-refractivity contribution in [2.24, 2.45) is 5.92 Å². The molecule has 1 saturated heterocycles. The molecule has 0 amide bonds. The van der Waals surface area contributed by atoms with E-state index in [0.29, 0.717) is 23.1 Å². The lowest BCUT2D eigenvalue weighted by Crippen LogP contribution is -2.42. The Morgan fingerprint density at radius 2 is 1.92 bits per heavy atom. The molecule has 1 aliphatic carbocycles. The fraction of sp³-hybridized carbons (Fsp3) is 0.500. The maximum absolute atomic E-state index is 13.3. The Bertz CT molecular complexity index is 843. The maximum atomic E-state index is 13.3. The van der Waals surface area contributed by atoms with Crippen LogP contribution in [0.3, 0.4) is 0 Å². The molecule has 0 spiro atoms. The van der Waals surface area contributed by atoms with E-state index in [-0.39, 0.29) is 12.1 Å². The van der Waals surface area contributed by atoms with Crippen molar-refractivity contribution in [1.82, 2.24) is 4.31 Å². The van der Waals surface area contributed by atoms with Crippen molar-refractivity contribution in [1.29, 1.82) is 0 Å². The van der Waals surface area contributed by atoms with Crippen molar-refractivity contribution >= 4 is 21.4 Å². The highest BCUT2D eigenvalue weighted by Crippen LogP contribution is 2.35. The molecule has 4 rings (SSSR count). The largest absolute Gasteiger partial charge is 0.376 e. The number of benzene rings is 1. The van der Waals surface area contributed by atoms with Gasteiger partial charge in [-0.3, -0.25) is 0 Å². The molecule has 2 aromatic rings. The van der Waals surface area contributed by atoms with Gasteiger partial charge in [-0.05, 0) is 61.1 Å². The molecule has 0 N–H and O–H groups in total. The zero-order valence-corrected chi connectivity index (χ0v) is 16.6. The summed E-state index contributed by atoms with van der Waals surface area (Å²) in [5.41, 5.74) is 1.98. The minimum Gasteiger partial charge on any atom is -0.376 e. The van der Waals surface area contributed by atoms with Gasteiger partial charge in [-0.25, -0.2) is 8.42 Å². The van der Waals surface area contributed by atoms with Gasteiger partial charge in [0.05, 0.1) is 12.1 Å². The number of nitrogens with zero attached hydrogens (tertiary/aromatic N) is 1. The van der Waals surface area contributed by atoms with Crippen molar-refractivity contribution in [2.75, 3.05) is 13.2 Å². The van der Waals surface area contributed by atoms with Crippen LogP contribution in [0, 0.1) is 12.8 Å². The smallest absolute Gasteiger partial charge is 0.253 e. The summed E-state index contributed by atoms with van der Waals surface area (Å²) < 4.78 is 34.9. The number of aryl methyl sites for hydroxylation is 1. The molecule has 1 saturated carbocycles. The van der Waals surface area contributed by atoms with E-state index in [0.717, 1.165) is 24.2 Å². The number of thiophene rings is 1. The third kappa shape index (κ3) is 3.74. The Labute approximate surface area is 159 Å². The molecule has 0 unspecified atom stereocenters. The van der Waals surface area contributed by atoms with E-state index >= 15 is 0 Å². The molecular weight excluding hydrogens is 366 g/mol. The highest BCUT2D eigenvalue weighted by Gasteiger charge is 2.43. The summed E-state index contributed by atoms with van der Waals surface area (Å²) in [5, 5.41) is 1.85. The van der Waals surface area contributed by atoms with Crippen molar-refractivity contribution < 1.29 is 13.2 Å². The molecule has 26 heavy (non-hydrogen) atoms. The fourth-order valence-corrected chi connectivity index (χ4v) is 6.84. The van der Waals surface area contributed by atoms with E-state index in [4.69, 9.17) is 4.74 Å². The second-order valence-corrected chi connectivity index (χ2v) is 10.4. The Morgan fingerprint density at radius 3 is 2.58 bits per heavy atom. The Morgan fingerprint density at radius 1 is 1.15 bits per heavy atom. The van der Waals surface area contributed by atoms with Crippen LogP contribution in [0.25, 0.3) is 0 Å². The van der Waals surface area contributed by atoms with E-state index < -0.39 is 10.0 Å².